The second-order valence-electron chi connectivity index (χ2n) is 7.27. The van der Waals surface area contributed by atoms with Gasteiger partial charge in [0.1, 0.15) is 11.5 Å². The molecule has 0 heterocycles. The van der Waals surface area contributed by atoms with Crippen LogP contribution < -0.4 is 19.5 Å². The van der Waals surface area contributed by atoms with Crippen LogP contribution in [0.4, 0.5) is 11.4 Å². The summed E-state index contributed by atoms with van der Waals surface area (Å²) in [7, 11) is -2.19. The molecule has 0 fully saturated rings. The molecule has 2 N–H and O–H groups in total. The number of sulfonamides is 1. The van der Waals surface area contributed by atoms with E-state index < -0.39 is 10.0 Å². The van der Waals surface area contributed by atoms with Gasteiger partial charge in [-0.1, -0.05) is 17.7 Å². The van der Waals surface area contributed by atoms with Crippen molar-refractivity contribution in [3.8, 4) is 11.5 Å². The van der Waals surface area contributed by atoms with Gasteiger partial charge in [-0.25, -0.2) is 8.42 Å². The molecule has 9 heteroatoms. The van der Waals surface area contributed by atoms with Gasteiger partial charge in [0, 0.05) is 17.1 Å². The molecule has 174 valence electrons. The number of halogens is 1. The molecule has 3 aromatic carbocycles. The molecule has 0 unspecified atom stereocenters. The molecule has 3 aromatic rings. The van der Waals surface area contributed by atoms with E-state index in [2.05, 4.69) is 10.0 Å². The zero-order chi connectivity index (χ0) is 23.8. The molecule has 0 radical (unpaired) electrons. The maximum absolute atomic E-state index is 12.6. The Morgan fingerprint density at radius 1 is 0.939 bits per heavy atom. The first-order valence-corrected chi connectivity index (χ1v) is 12.1. The topological polar surface area (TPSA) is 93.7 Å². The molecule has 0 aromatic heterocycles. The van der Waals surface area contributed by atoms with E-state index >= 15 is 0 Å². The number of carbonyl (C=O) groups excluding carboxylic acids is 1. The lowest BCUT2D eigenvalue weighted by Crippen LogP contribution is -2.14. The van der Waals surface area contributed by atoms with Gasteiger partial charge in [-0.2, -0.15) is 0 Å². The van der Waals surface area contributed by atoms with Crippen LogP contribution in [0.3, 0.4) is 0 Å². The second-order valence-corrected chi connectivity index (χ2v) is 9.36. The Bertz CT molecular complexity index is 1200. The molecule has 0 aliphatic heterocycles. The Morgan fingerprint density at radius 3 is 2.21 bits per heavy atom. The predicted octanol–water partition coefficient (Wildman–Crippen LogP) is 5.26. The normalized spacial score (nSPS) is 11.0. The standard InChI is InChI=1S/C24H25ClN2O5S/c1-17-5-6-19(16-23(17)25)27-33(29,30)22-13-7-18(8-14-22)26-24(28)4-3-15-32-21-11-9-20(31-2)10-12-21/h5-14,16,27H,3-4,15H2,1-2H3,(H,26,28). The highest BCUT2D eigenvalue weighted by Crippen LogP contribution is 2.23. The van der Waals surface area contributed by atoms with Crippen molar-refractivity contribution in [2.75, 3.05) is 23.8 Å². The Morgan fingerprint density at radius 2 is 1.58 bits per heavy atom. The van der Waals surface area contributed by atoms with E-state index in [1.54, 1.807) is 61.7 Å². The van der Waals surface area contributed by atoms with Gasteiger partial charge >= 0.3 is 0 Å². The molecular weight excluding hydrogens is 464 g/mol. The van der Waals surface area contributed by atoms with Gasteiger partial charge in [-0.15, -0.1) is 0 Å². The number of nitrogens with one attached hydrogen (secondary N) is 2. The molecule has 3 rings (SSSR count). The molecule has 33 heavy (non-hydrogen) atoms. The average Bonchev–Trinajstić information content (AvgIpc) is 2.80. The quantitative estimate of drug-likeness (QED) is 0.380. The van der Waals surface area contributed by atoms with E-state index in [9.17, 15) is 13.2 Å². The fraction of sp³-hybridized carbons (Fsp3) is 0.208. The summed E-state index contributed by atoms with van der Waals surface area (Å²) in [6.07, 6.45) is 0.805. The highest BCUT2D eigenvalue weighted by atomic mass is 35.5. The number of rotatable bonds is 10. The van der Waals surface area contributed by atoms with Gasteiger partial charge in [-0.05, 0) is 79.6 Å². The number of ether oxygens (including phenoxy) is 2. The third-order valence-corrected chi connectivity index (χ3v) is 6.55. The van der Waals surface area contributed by atoms with Crippen LogP contribution in [-0.2, 0) is 14.8 Å². The lowest BCUT2D eigenvalue weighted by molar-refractivity contribution is -0.116. The van der Waals surface area contributed by atoms with Crippen LogP contribution in [0.5, 0.6) is 11.5 Å². The number of anilines is 2. The van der Waals surface area contributed by atoms with Gasteiger partial charge in [0.25, 0.3) is 10.0 Å². The van der Waals surface area contributed by atoms with Crippen molar-refractivity contribution in [2.24, 2.45) is 0 Å². The molecule has 0 aliphatic rings. The highest BCUT2D eigenvalue weighted by Gasteiger charge is 2.15. The summed E-state index contributed by atoms with van der Waals surface area (Å²) >= 11 is 6.06. The molecule has 0 aliphatic carbocycles. The predicted molar refractivity (Wildman–Crippen MR) is 130 cm³/mol. The summed E-state index contributed by atoms with van der Waals surface area (Å²) < 4.78 is 38.4. The summed E-state index contributed by atoms with van der Waals surface area (Å²) in [5.41, 5.74) is 1.74. The minimum atomic E-state index is -3.78. The first-order chi connectivity index (χ1) is 15.8. The van der Waals surface area contributed by atoms with E-state index in [1.165, 1.54) is 12.1 Å². The third kappa shape index (κ3) is 7.13. The molecule has 1 amide bonds. The zero-order valence-electron chi connectivity index (χ0n) is 18.3. The van der Waals surface area contributed by atoms with Crippen molar-refractivity contribution in [1.29, 1.82) is 0 Å². The van der Waals surface area contributed by atoms with Crippen molar-refractivity contribution >= 4 is 38.9 Å². The van der Waals surface area contributed by atoms with Gasteiger partial charge < -0.3 is 14.8 Å². The van der Waals surface area contributed by atoms with Gasteiger partial charge in [0.2, 0.25) is 5.91 Å². The Labute approximate surface area is 198 Å². The first kappa shape index (κ1) is 24.4. The number of amides is 1. The van der Waals surface area contributed by atoms with Crippen molar-refractivity contribution in [3.63, 3.8) is 0 Å². The Kier molecular flexibility index (Phi) is 8.19. The van der Waals surface area contributed by atoms with Gasteiger partial charge in [0.15, 0.2) is 0 Å². The van der Waals surface area contributed by atoms with E-state index in [1.807, 2.05) is 6.92 Å². The molecule has 0 saturated heterocycles. The van der Waals surface area contributed by atoms with Crippen LogP contribution in [0.25, 0.3) is 0 Å². The van der Waals surface area contributed by atoms with Crippen molar-refractivity contribution in [2.45, 2.75) is 24.7 Å². The van der Waals surface area contributed by atoms with Crippen LogP contribution >= 0.6 is 11.6 Å². The van der Waals surface area contributed by atoms with E-state index in [-0.39, 0.29) is 17.2 Å². The summed E-state index contributed by atoms with van der Waals surface area (Å²) in [5.74, 6) is 1.27. The summed E-state index contributed by atoms with van der Waals surface area (Å²) in [4.78, 5) is 12.2. The van der Waals surface area contributed by atoms with Crippen molar-refractivity contribution in [3.05, 3.63) is 77.3 Å². The Balaban J connectivity index is 1.47. The summed E-state index contributed by atoms with van der Waals surface area (Å²) in [6, 6.07) is 18.1. The van der Waals surface area contributed by atoms with Gasteiger partial charge in [0.05, 0.1) is 24.3 Å². The monoisotopic (exact) mass is 488 g/mol. The van der Waals surface area contributed by atoms with Crippen LogP contribution in [-0.4, -0.2) is 28.0 Å². The van der Waals surface area contributed by atoms with Crippen LogP contribution in [0.15, 0.2) is 71.6 Å². The second kappa shape index (κ2) is 11.1. The molecule has 0 bridgehead atoms. The minimum Gasteiger partial charge on any atom is -0.497 e. The number of aryl methyl sites for hydroxylation is 1. The smallest absolute Gasteiger partial charge is 0.261 e. The first-order valence-electron chi connectivity index (χ1n) is 10.2. The van der Waals surface area contributed by atoms with Crippen LogP contribution in [0.2, 0.25) is 5.02 Å². The van der Waals surface area contributed by atoms with Crippen molar-refractivity contribution < 1.29 is 22.7 Å². The molecule has 0 atom stereocenters. The fourth-order valence-electron chi connectivity index (χ4n) is 2.91. The number of carbonyl (C=O) groups is 1. The van der Waals surface area contributed by atoms with Crippen LogP contribution in [0, 0.1) is 6.92 Å². The number of methoxy groups -OCH3 is 1. The number of hydrogen-bond donors (Lipinski definition) is 2. The molecule has 0 saturated carbocycles. The third-order valence-electron chi connectivity index (χ3n) is 4.75. The van der Waals surface area contributed by atoms with Crippen molar-refractivity contribution in [1.82, 2.24) is 0 Å². The van der Waals surface area contributed by atoms with E-state index in [0.717, 1.165) is 11.3 Å². The van der Waals surface area contributed by atoms with Crippen LogP contribution in [0.1, 0.15) is 18.4 Å². The fourth-order valence-corrected chi connectivity index (χ4v) is 4.14. The zero-order valence-corrected chi connectivity index (χ0v) is 19.9. The van der Waals surface area contributed by atoms with E-state index in [4.69, 9.17) is 21.1 Å². The largest absolute Gasteiger partial charge is 0.497 e. The molecule has 0 spiro atoms. The van der Waals surface area contributed by atoms with E-state index in [0.29, 0.717) is 35.2 Å². The minimum absolute atomic E-state index is 0.0742. The lowest BCUT2D eigenvalue weighted by Gasteiger charge is -2.11. The lowest BCUT2D eigenvalue weighted by atomic mass is 10.2. The maximum Gasteiger partial charge on any atom is 0.261 e. The average molecular weight is 489 g/mol. The highest BCUT2D eigenvalue weighted by molar-refractivity contribution is 7.92. The Hall–Kier alpha value is -3.23. The summed E-state index contributed by atoms with van der Waals surface area (Å²) in [6.45, 7) is 2.23. The molecule has 7 nitrogen and oxygen atoms in total. The summed E-state index contributed by atoms with van der Waals surface area (Å²) in [5, 5.41) is 3.23. The maximum atomic E-state index is 12.6. The number of hydrogen-bond acceptors (Lipinski definition) is 5. The van der Waals surface area contributed by atoms with Gasteiger partial charge in [-0.3, -0.25) is 9.52 Å². The number of benzene rings is 3. The molecular formula is C24H25ClN2O5S. The SMILES string of the molecule is COc1ccc(OCCCC(=O)Nc2ccc(S(=O)(=O)Nc3ccc(C)c(Cl)c3)cc2)cc1.